The zero-order valence-electron chi connectivity index (χ0n) is 12.1. The van der Waals surface area contributed by atoms with E-state index in [1.54, 1.807) is 0 Å². The van der Waals surface area contributed by atoms with Crippen LogP contribution in [0.1, 0.15) is 51.4 Å². The minimum atomic E-state index is -1.25. The van der Waals surface area contributed by atoms with Crippen molar-refractivity contribution < 1.29 is 24.0 Å². The SMILES string of the molecule is COC(=O)CCCCCCCCC(C(=O)OC)[N+](=O)[O-]. The summed E-state index contributed by atoms with van der Waals surface area (Å²) in [5, 5.41) is 10.7. The van der Waals surface area contributed by atoms with Crippen LogP contribution < -0.4 is 0 Å². The van der Waals surface area contributed by atoms with Crippen molar-refractivity contribution >= 4 is 11.9 Å². The number of nitrogens with zero attached hydrogens (tertiary/aromatic N) is 1. The lowest BCUT2D eigenvalue weighted by molar-refractivity contribution is -0.511. The van der Waals surface area contributed by atoms with Gasteiger partial charge in [-0.2, -0.15) is 0 Å². The molecule has 0 aromatic heterocycles. The van der Waals surface area contributed by atoms with Gasteiger partial charge < -0.3 is 9.47 Å². The Bertz CT molecular complexity index is 318. The van der Waals surface area contributed by atoms with Crippen LogP contribution in [-0.2, 0) is 19.1 Å². The van der Waals surface area contributed by atoms with Crippen molar-refractivity contribution in [1.29, 1.82) is 0 Å². The third kappa shape index (κ3) is 8.44. The number of hydrogen-bond acceptors (Lipinski definition) is 6. The van der Waals surface area contributed by atoms with E-state index in [1.807, 2.05) is 0 Å². The Kier molecular flexibility index (Phi) is 10.3. The summed E-state index contributed by atoms with van der Waals surface area (Å²) in [6.07, 6.45) is 5.74. The molecule has 0 fully saturated rings. The molecule has 1 unspecified atom stereocenters. The highest BCUT2D eigenvalue weighted by molar-refractivity contribution is 5.74. The number of ether oxygens (including phenoxy) is 2. The highest BCUT2D eigenvalue weighted by Gasteiger charge is 2.29. The molecule has 0 aromatic carbocycles. The van der Waals surface area contributed by atoms with E-state index in [-0.39, 0.29) is 12.4 Å². The Morgan fingerprint density at radius 2 is 1.55 bits per heavy atom. The zero-order chi connectivity index (χ0) is 15.4. The molecule has 0 aliphatic carbocycles. The Balaban J connectivity index is 3.58. The van der Waals surface area contributed by atoms with Crippen LogP contribution in [0.5, 0.6) is 0 Å². The zero-order valence-corrected chi connectivity index (χ0v) is 12.1. The number of carbonyl (C=O) groups is 2. The van der Waals surface area contributed by atoms with Gasteiger partial charge in [0.1, 0.15) is 0 Å². The third-order valence-electron chi connectivity index (χ3n) is 3.06. The first-order valence-corrected chi connectivity index (χ1v) is 6.81. The van der Waals surface area contributed by atoms with Crippen LogP contribution in [0.15, 0.2) is 0 Å². The molecule has 0 rings (SSSR count). The average molecular weight is 289 g/mol. The van der Waals surface area contributed by atoms with Crippen LogP contribution in [0.25, 0.3) is 0 Å². The number of rotatable bonds is 11. The first-order chi connectivity index (χ1) is 9.52. The number of methoxy groups -OCH3 is 2. The Morgan fingerprint density at radius 3 is 2.05 bits per heavy atom. The van der Waals surface area contributed by atoms with E-state index in [2.05, 4.69) is 9.47 Å². The second-order valence-corrected chi connectivity index (χ2v) is 4.56. The number of hydrogen-bond donors (Lipinski definition) is 0. The second-order valence-electron chi connectivity index (χ2n) is 4.56. The number of carbonyl (C=O) groups excluding carboxylic acids is 2. The molecule has 0 heterocycles. The van der Waals surface area contributed by atoms with Gasteiger partial charge in [-0.3, -0.25) is 14.9 Å². The number of esters is 2. The molecule has 0 radical (unpaired) electrons. The quantitative estimate of drug-likeness (QED) is 0.250. The molecule has 0 spiro atoms. The predicted octanol–water partition coefficient (Wildman–Crippen LogP) is 2.10. The van der Waals surface area contributed by atoms with Crippen molar-refractivity contribution in [3.05, 3.63) is 10.1 Å². The highest BCUT2D eigenvalue weighted by Crippen LogP contribution is 2.12. The molecule has 0 N–H and O–H groups in total. The van der Waals surface area contributed by atoms with Gasteiger partial charge in [-0.1, -0.05) is 25.7 Å². The van der Waals surface area contributed by atoms with Crippen molar-refractivity contribution in [2.24, 2.45) is 0 Å². The molecule has 7 heteroatoms. The lowest BCUT2D eigenvalue weighted by atomic mass is 10.1. The van der Waals surface area contributed by atoms with Gasteiger partial charge in [0.25, 0.3) is 0 Å². The monoisotopic (exact) mass is 289 g/mol. The average Bonchev–Trinajstić information content (AvgIpc) is 2.44. The van der Waals surface area contributed by atoms with Crippen LogP contribution in [-0.4, -0.2) is 37.1 Å². The topological polar surface area (TPSA) is 95.7 Å². The summed E-state index contributed by atoms with van der Waals surface area (Å²) in [5.74, 6) is -0.981. The van der Waals surface area contributed by atoms with Crippen molar-refractivity contribution in [1.82, 2.24) is 0 Å². The van der Waals surface area contributed by atoms with Gasteiger partial charge in [0.2, 0.25) is 0 Å². The summed E-state index contributed by atoms with van der Waals surface area (Å²) >= 11 is 0. The summed E-state index contributed by atoms with van der Waals surface area (Å²) in [6, 6.07) is -1.25. The summed E-state index contributed by atoms with van der Waals surface area (Å²) in [7, 11) is 2.52. The standard InChI is InChI=1S/C13H23NO6/c1-19-12(15)10-8-6-4-3-5-7-9-11(14(17)18)13(16)20-2/h11H,3-10H2,1-2H3. The molecule has 0 aliphatic rings. The lowest BCUT2D eigenvalue weighted by Gasteiger charge is -2.07. The molecule has 0 saturated carbocycles. The van der Waals surface area contributed by atoms with Gasteiger partial charge in [-0.05, 0) is 12.8 Å². The fourth-order valence-corrected chi connectivity index (χ4v) is 1.86. The van der Waals surface area contributed by atoms with Gasteiger partial charge in [0, 0.05) is 17.8 Å². The van der Waals surface area contributed by atoms with E-state index in [1.165, 1.54) is 7.11 Å². The summed E-state index contributed by atoms with van der Waals surface area (Å²) in [5.41, 5.74) is 0. The van der Waals surface area contributed by atoms with E-state index in [9.17, 15) is 19.7 Å². The van der Waals surface area contributed by atoms with Crippen LogP contribution in [0.2, 0.25) is 0 Å². The largest absolute Gasteiger partial charge is 0.469 e. The first kappa shape index (κ1) is 18.3. The van der Waals surface area contributed by atoms with E-state index >= 15 is 0 Å². The molecule has 1 atom stereocenters. The fourth-order valence-electron chi connectivity index (χ4n) is 1.86. The summed E-state index contributed by atoms with van der Waals surface area (Å²) in [4.78, 5) is 32.1. The molecule has 20 heavy (non-hydrogen) atoms. The molecule has 0 bridgehead atoms. The third-order valence-corrected chi connectivity index (χ3v) is 3.06. The van der Waals surface area contributed by atoms with Crippen molar-refractivity contribution in [3.63, 3.8) is 0 Å². The molecule has 0 aliphatic heterocycles. The van der Waals surface area contributed by atoms with Crippen LogP contribution in [0, 0.1) is 10.1 Å². The van der Waals surface area contributed by atoms with Crippen molar-refractivity contribution in [2.75, 3.05) is 14.2 Å². The molecule has 0 aromatic rings. The van der Waals surface area contributed by atoms with E-state index < -0.39 is 16.9 Å². The van der Waals surface area contributed by atoms with Crippen LogP contribution >= 0.6 is 0 Å². The summed E-state index contributed by atoms with van der Waals surface area (Å²) in [6.45, 7) is 0. The lowest BCUT2D eigenvalue weighted by Crippen LogP contribution is -2.30. The van der Waals surface area contributed by atoms with Gasteiger partial charge in [0.15, 0.2) is 0 Å². The van der Waals surface area contributed by atoms with Gasteiger partial charge in [0.05, 0.1) is 14.2 Å². The first-order valence-electron chi connectivity index (χ1n) is 6.81. The van der Waals surface area contributed by atoms with E-state index in [0.29, 0.717) is 12.8 Å². The smallest absolute Gasteiger partial charge is 0.381 e. The minimum Gasteiger partial charge on any atom is -0.469 e. The number of unbranched alkanes of at least 4 members (excludes halogenated alkanes) is 5. The predicted molar refractivity (Wildman–Crippen MR) is 71.8 cm³/mol. The second kappa shape index (κ2) is 11.2. The highest BCUT2D eigenvalue weighted by atomic mass is 16.6. The van der Waals surface area contributed by atoms with E-state index in [0.717, 1.165) is 39.2 Å². The molecule has 0 amide bonds. The van der Waals surface area contributed by atoms with E-state index in [4.69, 9.17) is 0 Å². The normalized spacial score (nSPS) is 11.7. The Labute approximate surface area is 118 Å². The van der Waals surface area contributed by atoms with Crippen molar-refractivity contribution in [2.45, 2.75) is 57.4 Å². The minimum absolute atomic E-state index is 0.197. The maximum absolute atomic E-state index is 11.1. The molecule has 116 valence electrons. The molecular formula is C13H23NO6. The maximum Gasteiger partial charge on any atom is 0.381 e. The van der Waals surface area contributed by atoms with Crippen molar-refractivity contribution in [3.8, 4) is 0 Å². The van der Waals surface area contributed by atoms with Crippen LogP contribution in [0.3, 0.4) is 0 Å². The summed E-state index contributed by atoms with van der Waals surface area (Å²) < 4.78 is 8.92. The van der Waals surface area contributed by atoms with Gasteiger partial charge in [-0.15, -0.1) is 0 Å². The number of nitro groups is 1. The Morgan fingerprint density at radius 1 is 1.00 bits per heavy atom. The van der Waals surface area contributed by atoms with Gasteiger partial charge in [-0.25, -0.2) is 4.79 Å². The van der Waals surface area contributed by atoms with Crippen LogP contribution in [0.4, 0.5) is 0 Å². The fraction of sp³-hybridized carbons (Fsp3) is 0.846. The molecule has 0 saturated heterocycles. The molecule has 7 nitrogen and oxygen atoms in total. The Hall–Kier alpha value is -1.66. The maximum atomic E-state index is 11.1. The van der Waals surface area contributed by atoms with Gasteiger partial charge >= 0.3 is 18.0 Å². The molecular weight excluding hydrogens is 266 g/mol.